The Balaban J connectivity index is 2.06. The molecule has 1 atom stereocenters. The van der Waals surface area contributed by atoms with E-state index >= 15 is 0 Å². The molecule has 0 aliphatic rings. The lowest BCUT2D eigenvalue weighted by atomic mass is 10.1. The lowest BCUT2D eigenvalue weighted by Crippen LogP contribution is -2.44. The Morgan fingerprint density at radius 1 is 1.10 bits per heavy atom. The molecular formula is C23H24N2O6. The van der Waals surface area contributed by atoms with Crippen LogP contribution < -0.4 is 5.32 Å². The van der Waals surface area contributed by atoms with Crippen LogP contribution in [0.4, 0.5) is 10.5 Å². The van der Waals surface area contributed by atoms with Crippen molar-refractivity contribution >= 4 is 17.7 Å². The molecule has 0 saturated carbocycles. The smallest absolute Gasteiger partial charge is 0.408 e. The highest BCUT2D eigenvalue weighted by Gasteiger charge is 2.25. The van der Waals surface area contributed by atoms with Gasteiger partial charge in [0.15, 0.2) is 0 Å². The van der Waals surface area contributed by atoms with Gasteiger partial charge in [-0.2, -0.15) is 0 Å². The molecule has 2 aromatic carbocycles. The summed E-state index contributed by atoms with van der Waals surface area (Å²) in [5, 5.41) is 13.2. The fraction of sp³-hybridized carbons (Fsp3) is 0.304. The zero-order chi connectivity index (χ0) is 22.9. The van der Waals surface area contributed by atoms with Crippen LogP contribution in [0.5, 0.6) is 0 Å². The van der Waals surface area contributed by atoms with Gasteiger partial charge in [-0.25, -0.2) is 9.59 Å². The number of nitrogens with zero attached hydrogens (tertiary/aromatic N) is 1. The predicted molar refractivity (Wildman–Crippen MR) is 114 cm³/mol. The third-order valence-electron chi connectivity index (χ3n) is 3.82. The first kappa shape index (κ1) is 23.4. The van der Waals surface area contributed by atoms with Crippen molar-refractivity contribution < 1.29 is 24.0 Å². The molecule has 8 nitrogen and oxygen atoms in total. The fourth-order valence-corrected chi connectivity index (χ4v) is 2.39. The Hall–Kier alpha value is -3.86. The van der Waals surface area contributed by atoms with Gasteiger partial charge in [0, 0.05) is 24.1 Å². The number of rotatable bonds is 6. The predicted octanol–water partition coefficient (Wildman–Crippen LogP) is 3.97. The highest BCUT2D eigenvalue weighted by Crippen LogP contribution is 2.12. The second kappa shape index (κ2) is 10.8. The summed E-state index contributed by atoms with van der Waals surface area (Å²) in [6.07, 6.45) is -0.782. The first-order chi connectivity index (χ1) is 14.6. The third-order valence-corrected chi connectivity index (χ3v) is 3.82. The molecule has 2 aromatic rings. The molecule has 2 rings (SSSR count). The van der Waals surface area contributed by atoms with E-state index in [9.17, 15) is 19.7 Å². The van der Waals surface area contributed by atoms with Crippen LogP contribution in [0.1, 0.15) is 38.3 Å². The van der Waals surface area contributed by atoms with E-state index < -0.39 is 28.6 Å². The van der Waals surface area contributed by atoms with Crippen LogP contribution in [-0.2, 0) is 20.9 Å². The van der Waals surface area contributed by atoms with Crippen molar-refractivity contribution in [1.29, 1.82) is 0 Å². The molecule has 0 spiro atoms. The minimum atomic E-state index is -1.04. The number of ether oxygens (including phenoxy) is 2. The number of nitrogens with one attached hydrogen (secondary N) is 1. The number of nitro groups is 1. The molecule has 0 bridgehead atoms. The number of amides is 1. The number of hydrogen-bond donors (Lipinski definition) is 1. The summed E-state index contributed by atoms with van der Waals surface area (Å²) in [6, 6.07) is 13.8. The molecule has 0 radical (unpaired) electrons. The molecule has 1 unspecified atom stereocenters. The van der Waals surface area contributed by atoms with Gasteiger partial charge in [0.2, 0.25) is 0 Å². The number of carbonyl (C=O) groups is 2. The highest BCUT2D eigenvalue weighted by atomic mass is 16.6. The quantitative estimate of drug-likeness (QED) is 0.325. The minimum Gasteiger partial charge on any atom is -0.459 e. The van der Waals surface area contributed by atoms with Crippen molar-refractivity contribution in [2.45, 2.75) is 45.4 Å². The molecule has 1 amide bonds. The Morgan fingerprint density at radius 2 is 1.74 bits per heavy atom. The Labute approximate surface area is 180 Å². The number of nitro benzene ring substituents is 1. The van der Waals surface area contributed by atoms with E-state index in [1.54, 1.807) is 20.8 Å². The normalized spacial score (nSPS) is 11.5. The first-order valence-corrected chi connectivity index (χ1v) is 9.57. The van der Waals surface area contributed by atoms with Gasteiger partial charge < -0.3 is 14.8 Å². The number of alkyl carbamates (subject to hydrolysis) is 1. The second-order valence-electron chi connectivity index (χ2n) is 7.60. The molecule has 0 aliphatic heterocycles. The van der Waals surface area contributed by atoms with Crippen LogP contribution in [-0.4, -0.2) is 28.6 Å². The second-order valence-corrected chi connectivity index (χ2v) is 7.60. The molecule has 0 heterocycles. The maximum atomic E-state index is 12.5. The molecule has 0 fully saturated rings. The summed E-state index contributed by atoms with van der Waals surface area (Å²) in [5.41, 5.74) is 0.579. The summed E-state index contributed by atoms with van der Waals surface area (Å²) in [4.78, 5) is 34.9. The molecule has 0 aromatic heterocycles. The van der Waals surface area contributed by atoms with E-state index in [1.165, 1.54) is 24.3 Å². The van der Waals surface area contributed by atoms with Gasteiger partial charge in [-0.05, 0) is 38.5 Å². The Morgan fingerprint density at radius 3 is 2.32 bits per heavy atom. The number of benzene rings is 2. The Kier molecular flexibility index (Phi) is 8.15. The van der Waals surface area contributed by atoms with E-state index in [2.05, 4.69) is 17.2 Å². The van der Waals surface area contributed by atoms with Crippen molar-refractivity contribution in [1.82, 2.24) is 5.32 Å². The Bertz CT molecular complexity index is 969. The summed E-state index contributed by atoms with van der Waals surface area (Å²) in [7, 11) is 0. The molecule has 162 valence electrons. The van der Waals surface area contributed by atoms with Gasteiger partial charge in [0.1, 0.15) is 18.2 Å². The van der Waals surface area contributed by atoms with E-state index in [4.69, 9.17) is 9.47 Å². The minimum absolute atomic E-state index is 0.0240. The summed E-state index contributed by atoms with van der Waals surface area (Å²) >= 11 is 0. The number of carbonyl (C=O) groups excluding carboxylic acids is 2. The van der Waals surface area contributed by atoms with E-state index in [0.29, 0.717) is 5.56 Å². The average Bonchev–Trinajstić information content (AvgIpc) is 2.71. The van der Waals surface area contributed by atoms with Crippen molar-refractivity contribution in [3.05, 3.63) is 75.8 Å². The fourth-order valence-electron chi connectivity index (χ4n) is 2.39. The van der Waals surface area contributed by atoms with Crippen LogP contribution in [0.15, 0.2) is 54.6 Å². The third kappa shape index (κ3) is 8.58. The maximum absolute atomic E-state index is 12.5. The lowest BCUT2D eigenvalue weighted by molar-refractivity contribution is -0.384. The van der Waals surface area contributed by atoms with Crippen molar-refractivity contribution in [2.24, 2.45) is 0 Å². The van der Waals surface area contributed by atoms with Crippen LogP contribution in [0.3, 0.4) is 0 Å². The van der Waals surface area contributed by atoms with Gasteiger partial charge in [-0.15, -0.1) is 0 Å². The largest absolute Gasteiger partial charge is 0.459 e. The SMILES string of the molecule is CC(C)(C)OC(=O)NC(CC#Cc1ccc([N+](=O)[O-])cc1)C(=O)OCc1ccccc1. The van der Waals surface area contributed by atoms with Gasteiger partial charge in [0.05, 0.1) is 4.92 Å². The van der Waals surface area contributed by atoms with Crippen LogP contribution in [0, 0.1) is 22.0 Å². The van der Waals surface area contributed by atoms with Gasteiger partial charge in [-0.3, -0.25) is 10.1 Å². The van der Waals surface area contributed by atoms with Crippen molar-refractivity contribution in [3.8, 4) is 11.8 Å². The summed E-state index contributed by atoms with van der Waals surface area (Å²) in [5.74, 6) is 4.98. The average molecular weight is 424 g/mol. The van der Waals surface area contributed by atoms with Gasteiger partial charge in [-0.1, -0.05) is 42.2 Å². The van der Waals surface area contributed by atoms with Crippen molar-refractivity contribution in [3.63, 3.8) is 0 Å². The molecule has 8 heteroatoms. The maximum Gasteiger partial charge on any atom is 0.408 e. The van der Waals surface area contributed by atoms with Crippen LogP contribution in [0.25, 0.3) is 0 Å². The molecule has 0 saturated heterocycles. The molecule has 31 heavy (non-hydrogen) atoms. The monoisotopic (exact) mass is 424 g/mol. The summed E-state index contributed by atoms with van der Waals surface area (Å²) < 4.78 is 10.5. The standard InChI is InChI=1S/C23H24N2O6/c1-23(2,3)31-22(27)24-20(21(26)30-16-18-8-5-4-6-9-18)11-7-10-17-12-14-19(15-13-17)25(28)29/h4-6,8-9,12-15,20H,11,16H2,1-3H3,(H,24,27). The number of non-ortho nitro benzene ring substituents is 1. The number of hydrogen-bond acceptors (Lipinski definition) is 6. The molecule has 0 aliphatic carbocycles. The van der Waals surface area contributed by atoms with Gasteiger partial charge >= 0.3 is 12.1 Å². The van der Waals surface area contributed by atoms with E-state index in [1.807, 2.05) is 30.3 Å². The molecular weight excluding hydrogens is 400 g/mol. The topological polar surface area (TPSA) is 108 Å². The van der Waals surface area contributed by atoms with Crippen LogP contribution >= 0.6 is 0 Å². The van der Waals surface area contributed by atoms with E-state index in [0.717, 1.165) is 5.56 Å². The number of esters is 1. The zero-order valence-electron chi connectivity index (χ0n) is 17.6. The summed E-state index contributed by atoms with van der Waals surface area (Å²) in [6.45, 7) is 5.19. The zero-order valence-corrected chi connectivity index (χ0v) is 17.6. The lowest BCUT2D eigenvalue weighted by Gasteiger charge is -2.22. The van der Waals surface area contributed by atoms with E-state index in [-0.39, 0.29) is 18.7 Å². The highest BCUT2D eigenvalue weighted by molar-refractivity contribution is 5.81. The molecule has 1 N–H and O–H groups in total. The first-order valence-electron chi connectivity index (χ1n) is 9.57. The van der Waals surface area contributed by atoms with Gasteiger partial charge in [0.25, 0.3) is 5.69 Å². The van der Waals surface area contributed by atoms with Crippen LogP contribution in [0.2, 0.25) is 0 Å². The van der Waals surface area contributed by atoms with Crippen molar-refractivity contribution in [2.75, 3.05) is 0 Å².